The SMILES string of the molecule is CCc1ccc(C(=O)NCC2=C[C@@H]3Oc4ccccc4C(=O)C3=CN2c2ncccc2C)cc1. The first kappa shape index (κ1) is 21.6. The Bertz CT molecular complexity index is 1320. The zero-order chi connectivity index (χ0) is 23.7. The number of Topliss-reactive ketones (excluding diaryl/α,β-unsaturated/α-hetero) is 1. The third kappa shape index (κ3) is 3.99. The highest BCUT2D eigenvalue weighted by Crippen LogP contribution is 2.36. The van der Waals surface area contributed by atoms with E-state index in [1.165, 1.54) is 5.56 Å². The number of benzene rings is 2. The lowest BCUT2D eigenvalue weighted by molar-refractivity contribution is 0.0950. The smallest absolute Gasteiger partial charge is 0.251 e. The van der Waals surface area contributed by atoms with E-state index in [9.17, 15) is 9.59 Å². The van der Waals surface area contributed by atoms with Crippen molar-refractivity contribution in [3.05, 3.63) is 113 Å². The van der Waals surface area contributed by atoms with Crippen molar-refractivity contribution in [3.8, 4) is 5.75 Å². The van der Waals surface area contributed by atoms with Crippen LogP contribution in [0.1, 0.15) is 38.8 Å². The molecule has 1 aromatic heterocycles. The summed E-state index contributed by atoms with van der Waals surface area (Å²) in [6.45, 7) is 4.30. The molecular formula is C28H25N3O3. The maximum atomic E-state index is 13.2. The number of hydrogen-bond donors (Lipinski definition) is 1. The van der Waals surface area contributed by atoms with Crippen molar-refractivity contribution >= 4 is 17.5 Å². The van der Waals surface area contributed by atoms with Crippen molar-refractivity contribution in [2.45, 2.75) is 26.4 Å². The van der Waals surface area contributed by atoms with Crippen LogP contribution < -0.4 is 15.0 Å². The van der Waals surface area contributed by atoms with E-state index in [1.54, 1.807) is 24.5 Å². The number of nitrogens with one attached hydrogen (secondary N) is 1. The van der Waals surface area contributed by atoms with Gasteiger partial charge in [0.1, 0.15) is 17.7 Å². The minimum Gasteiger partial charge on any atom is -0.481 e. The van der Waals surface area contributed by atoms with Gasteiger partial charge in [-0.2, -0.15) is 0 Å². The van der Waals surface area contributed by atoms with Gasteiger partial charge in [-0.15, -0.1) is 0 Å². The molecule has 0 spiro atoms. The number of pyridine rings is 1. The second kappa shape index (κ2) is 8.98. The fourth-order valence-corrected chi connectivity index (χ4v) is 4.21. The fourth-order valence-electron chi connectivity index (χ4n) is 4.21. The first-order valence-electron chi connectivity index (χ1n) is 11.4. The molecule has 0 aliphatic carbocycles. The Morgan fingerprint density at radius 3 is 2.65 bits per heavy atom. The van der Waals surface area contributed by atoms with Crippen LogP contribution in [0.5, 0.6) is 5.75 Å². The van der Waals surface area contributed by atoms with Crippen LogP contribution in [-0.2, 0) is 6.42 Å². The average molecular weight is 452 g/mol. The number of amides is 1. The molecule has 34 heavy (non-hydrogen) atoms. The van der Waals surface area contributed by atoms with E-state index >= 15 is 0 Å². The normalized spacial score (nSPS) is 16.6. The van der Waals surface area contributed by atoms with Gasteiger partial charge >= 0.3 is 0 Å². The standard InChI is InChI=1S/C28H25N3O3/c1-3-19-10-12-20(13-11-19)28(33)30-16-21-15-25-23(17-31(21)27-18(2)7-6-14-29-27)26(32)22-8-4-5-9-24(22)34-25/h4-15,17,25H,3,16H2,1-2H3,(H,30,33)/t25-/m0/s1. The summed E-state index contributed by atoms with van der Waals surface area (Å²) in [6, 6.07) is 18.7. The van der Waals surface area contributed by atoms with Crippen LogP contribution in [0.4, 0.5) is 5.82 Å². The molecule has 2 aliphatic rings. The van der Waals surface area contributed by atoms with Crippen molar-refractivity contribution in [2.75, 3.05) is 11.4 Å². The van der Waals surface area contributed by atoms with Crippen molar-refractivity contribution in [1.29, 1.82) is 0 Å². The van der Waals surface area contributed by atoms with Gasteiger partial charge in [-0.25, -0.2) is 4.98 Å². The van der Waals surface area contributed by atoms with Gasteiger partial charge < -0.3 is 15.0 Å². The third-order valence-electron chi connectivity index (χ3n) is 6.14. The van der Waals surface area contributed by atoms with Gasteiger partial charge in [0, 0.05) is 23.7 Å². The Labute approximate surface area is 198 Å². The highest BCUT2D eigenvalue weighted by molar-refractivity contribution is 6.13. The molecule has 1 amide bonds. The van der Waals surface area contributed by atoms with Crippen LogP contribution in [-0.4, -0.2) is 29.3 Å². The Kier molecular flexibility index (Phi) is 5.72. The minimum absolute atomic E-state index is 0.0687. The van der Waals surface area contributed by atoms with Crippen molar-refractivity contribution < 1.29 is 14.3 Å². The van der Waals surface area contributed by atoms with Gasteiger partial charge in [0.2, 0.25) is 0 Å². The number of aromatic nitrogens is 1. The summed E-state index contributed by atoms with van der Waals surface area (Å²) in [5.41, 5.74) is 4.59. The van der Waals surface area contributed by atoms with E-state index in [1.807, 2.05) is 66.4 Å². The van der Waals surface area contributed by atoms with Crippen LogP contribution in [0.2, 0.25) is 0 Å². The number of aryl methyl sites for hydroxylation is 2. The first-order valence-corrected chi connectivity index (χ1v) is 11.4. The Morgan fingerprint density at radius 2 is 1.88 bits per heavy atom. The Hall–Kier alpha value is -4.19. The molecule has 2 aromatic carbocycles. The molecule has 5 rings (SSSR count). The lowest BCUT2D eigenvalue weighted by Crippen LogP contribution is -2.39. The van der Waals surface area contributed by atoms with Crippen LogP contribution in [0.15, 0.2) is 90.4 Å². The molecule has 0 fully saturated rings. The number of rotatable bonds is 5. The summed E-state index contributed by atoms with van der Waals surface area (Å²) in [6.07, 6.45) is 5.78. The molecule has 170 valence electrons. The molecule has 6 heteroatoms. The summed E-state index contributed by atoms with van der Waals surface area (Å²) in [4.78, 5) is 32.5. The van der Waals surface area contributed by atoms with Gasteiger partial charge in [-0.3, -0.25) is 9.59 Å². The molecular weight excluding hydrogens is 426 g/mol. The van der Waals surface area contributed by atoms with Crippen molar-refractivity contribution in [2.24, 2.45) is 0 Å². The number of ketones is 1. The summed E-state index contributed by atoms with van der Waals surface area (Å²) >= 11 is 0. The second-order valence-corrected chi connectivity index (χ2v) is 8.35. The third-order valence-corrected chi connectivity index (χ3v) is 6.14. The molecule has 0 saturated heterocycles. The van der Waals surface area contributed by atoms with Crippen molar-refractivity contribution in [3.63, 3.8) is 0 Å². The quantitative estimate of drug-likeness (QED) is 0.613. The molecule has 6 nitrogen and oxygen atoms in total. The van der Waals surface area contributed by atoms with E-state index < -0.39 is 6.10 Å². The number of nitrogens with zero attached hydrogens (tertiary/aromatic N) is 2. The van der Waals surface area contributed by atoms with Gasteiger partial charge in [-0.1, -0.05) is 37.3 Å². The summed E-state index contributed by atoms with van der Waals surface area (Å²) in [5, 5.41) is 3.00. The van der Waals surface area contributed by atoms with E-state index in [4.69, 9.17) is 4.74 Å². The van der Waals surface area contributed by atoms with E-state index in [0.29, 0.717) is 28.3 Å². The molecule has 3 aromatic rings. The summed E-state index contributed by atoms with van der Waals surface area (Å²) in [5.74, 6) is 1.03. The number of fused-ring (bicyclic) bond motifs is 2. The van der Waals surface area contributed by atoms with Crippen LogP contribution in [0, 0.1) is 6.92 Å². The predicted molar refractivity (Wildman–Crippen MR) is 131 cm³/mol. The second-order valence-electron chi connectivity index (χ2n) is 8.35. The first-order chi connectivity index (χ1) is 16.5. The Balaban J connectivity index is 1.46. The van der Waals surface area contributed by atoms with E-state index in [-0.39, 0.29) is 18.2 Å². The van der Waals surface area contributed by atoms with Gasteiger partial charge in [-0.05, 0) is 60.9 Å². The zero-order valence-electron chi connectivity index (χ0n) is 19.1. The van der Waals surface area contributed by atoms with Crippen molar-refractivity contribution in [1.82, 2.24) is 10.3 Å². The van der Waals surface area contributed by atoms with Gasteiger partial charge in [0.05, 0.1) is 17.7 Å². The molecule has 3 heterocycles. The number of ether oxygens (including phenoxy) is 1. The lowest BCUT2D eigenvalue weighted by atomic mass is 9.93. The molecule has 0 radical (unpaired) electrons. The van der Waals surface area contributed by atoms with E-state index in [0.717, 1.165) is 17.7 Å². The average Bonchev–Trinajstić information content (AvgIpc) is 2.87. The van der Waals surface area contributed by atoms with E-state index in [2.05, 4.69) is 17.2 Å². The Morgan fingerprint density at radius 1 is 1.09 bits per heavy atom. The van der Waals surface area contributed by atoms with Gasteiger partial charge in [0.25, 0.3) is 5.91 Å². The zero-order valence-corrected chi connectivity index (χ0v) is 19.1. The predicted octanol–water partition coefficient (Wildman–Crippen LogP) is 4.61. The van der Waals surface area contributed by atoms with Crippen LogP contribution in [0.25, 0.3) is 0 Å². The maximum Gasteiger partial charge on any atom is 0.251 e. The largest absolute Gasteiger partial charge is 0.481 e. The highest BCUT2D eigenvalue weighted by Gasteiger charge is 2.35. The van der Waals surface area contributed by atoms with Crippen LogP contribution >= 0.6 is 0 Å². The summed E-state index contributed by atoms with van der Waals surface area (Å²) in [7, 11) is 0. The number of para-hydroxylation sites is 1. The fraction of sp³-hybridized carbons (Fsp3) is 0.179. The lowest BCUT2D eigenvalue weighted by Gasteiger charge is -2.34. The molecule has 2 aliphatic heterocycles. The number of anilines is 1. The highest BCUT2D eigenvalue weighted by atomic mass is 16.5. The van der Waals surface area contributed by atoms with Crippen LogP contribution in [0.3, 0.4) is 0 Å². The number of carbonyl (C=O) groups is 2. The summed E-state index contributed by atoms with van der Waals surface area (Å²) < 4.78 is 6.14. The minimum atomic E-state index is -0.529. The molecule has 0 saturated carbocycles. The topological polar surface area (TPSA) is 71.5 Å². The van der Waals surface area contributed by atoms with Gasteiger partial charge in [0.15, 0.2) is 5.78 Å². The monoisotopic (exact) mass is 451 g/mol. The molecule has 1 N–H and O–H groups in total. The molecule has 0 unspecified atom stereocenters. The maximum absolute atomic E-state index is 13.2. The molecule has 1 atom stereocenters. The number of carbonyl (C=O) groups excluding carboxylic acids is 2. The molecule has 0 bridgehead atoms. The number of hydrogen-bond acceptors (Lipinski definition) is 5.